The molecule has 2 rings (SSSR count). The number of likely N-dealkylation sites (N-methyl/N-ethyl adjacent to an activating group) is 1. The Morgan fingerprint density at radius 2 is 2.24 bits per heavy atom. The van der Waals surface area contributed by atoms with E-state index in [4.69, 9.17) is 4.74 Å². The predicted molar refractivity (Wildman–Crippen MR) is 101 cm³/mol. The molecule has 1 aromatic carbocycles. The summed E-state index contributed by atoms with van der Waals surface area (Å²) in [5.41, 5.74) is 2.41. The van der Waals surface area contributed by atoms with Gasteiger partial charge < -0.3 is 19.9 Å². The molecule has 6 nitrogen and oxygen atoms in total. The zero-order chi connectivity index (χ0) is 18.2. The normalized spacial score (nSPS) is 18.0. The fourth-order valence-electron chi connectivity index (χ4n) is 2.69. The first-order chi connectivity index (χ1) is 12.0. The second kappa shape index (κ2) is 9.22. The summed E-state index contributed by atoms with van der Waals surface area (Å²) in [5.74, 6) is 0.693. The molecule has 1 amide bonds. The third-order valence-corrected chi connectivity index (χ3v) is 4.17. The molecule has 1 unspecified atom stereocenters. The molecule has 6 heteroatoms. The van der Waals surface area contributed by atoms with Gasteiger partial charge in [0.15, 0.2) is 5.96 Å². The van der Waals surface area contributed by atoms with Gasteiger partial charge in [-0.3, -0.25) is 4.79 Å². The van der Waals surface area contributed by atoms with Crippen molar-refractivity contribution in [3.05, 3.63) is 48.0 Å². The predicted octanol–water partition coefficient (Wildman–Crippen LogP) is 1.59. The Morgan fingerprint density at radius 3 is 2.92 bits per heavy atom. The Hall–Kier alpha value is -2.34. The Kier molecular flexibility index (Phi) is 7.01. The van der Waals surface area contributed by atoms with Crippen LogP contribution in [0.4, 0.5) is 0 Å². The van der Waals surface area contributed by atoms with Crippen molar-refractivity contribution in [2.45, 2.75) is 13.0 Å². The number of aryl methyl sites for hydroxylation is 1. The summed E-state index contributed by atoms with van der Waals surface area (Å²) in [6, 6.07) is 8.27. The SMILES string of the molecule is C=CCNC(=NCC(=O)N(C)C)N1CCOC(c2ccccc2C)C1. The lowest BCUT2D eigenvalue weighted by Crippen LogP contribution is -2.48. The topological polar surface area (TPSA) is 57.2 Å². The largest absolute Gasteiger partial charge is 0.370 e. The molecule has 1 N–H and O–H groups in total. The summed E-state index contributed by atoms with van der Waals surface area (Å²) < 4.78 is 5.97. The van der Waals surface area contributed by atoms with Crippen LogP contribution < -0.4 is 5.32 Å². The average molecular weight is 344 g/mol. The van der Waals surface area contributed by atoms with Crippen molar-refractivity contribution in [1.82, 2.24) is 15.1 Å². The first-order valence-corrected chi connectivity index (χ1v) is 8.54. The molecule has 1 heterocycles. The second-order valence-corrected chi connectivity index (χ2v) is 6.26. The summed E-state index contributed by atoms with van der Waals surface area (Å²) >= 11 is 0. The van der Waals surface area contributed by atoms with Crippen LogP contribution in [0.25, 0.3) is 0 Å². The van der Waals surface area contributed by atoms with Crippen LogP contribution in [0, 0.1) is 6.92 Å². The maximum absolute atomic E-state index is 11.9. The van der Waals surface area contributed by atoms with Crippen molar-refractivity contribution in [1.29, 1.82) is 0 Å². The first-order valence-electron chi connectivity index (χ1n) is 8.54. The van der Waals surface area contributed by atoms with Crippen LogP contribution in [-0.2, 0) is 9.53 Å². The third kappa shape index (κ3) is 5.32. The highest BCUT2D eigenvalue weighted by Gasteiger charge is 2.25. The third-order valence-electron chi connectivity index (χ3n) is 4.17. The van der Waals surface area contributed by atoms with Crippen molar-refractivity contribution in [3.8, 4) is 0 Å². The summed E-state index contributed by atoms with van der Waals surface area (Å²) in [7, 11) is 3.47. The lowest BCUT2D eigenvalue weighted by Gasteiger charge is -2.35. The standard InChI is InChI=1S/C19H28N4O2/c1-5-10-20-19(21-13-18(24)22(3)4)23-11-12-25-17(14-23)16-9-7-6-8-15(16)2/h5-9,17H,1,10-14H2,2-4H3,(H,20,21). The number of benzene rings is 1. The molecule has 1 aliphatic rings. The van der Waals surface area contributed by atoms with Crippen molar-refractivity contribution < 1.29 is 9.53 Å². The number of morpholine rings is 1. The fraction of sp³-hybridized carbons (Fsp3) is 0.474. The molecule has 25 heavy (non-hydrogen) atoms. The number of amides is 1. The Morgan fingerprint density at radius 1 is 1.48 bits per heavy atom. The van der Waals surface area contributed by atoms with E-state index in [2.05, 4.69) is 40.8 Å². The fourth-order valence-corrected chi connectivity index (χ4v) is 2.69. The van der Waals surface area contributed by atoms with Crippen molar-refractivity contribution in [2.24, 2.45) is 4.99 Å². The molecule has 0 aliphatic carbocycles. The van der Waals surface area contributed by atoms with E-state index < -0.39 is 0 Å². The quantitative estimate of drug-likeness (QED) is 0.501. The summed E-state index contributed by atoms with van der Waals surface area (Å²) in [5, 5.41) is 3.25. The van der Waals surface area contributed by atoms with Crippen molar-refractivity contribution >= 4 is 11.9 Å². The van der Waals surface area contributed by atoms with Gasteiger partial charge in [0, 0.05) is 27.2 Å². The van der Waals surface area contributed by atoms with E-state index in [0.29, 0.717) is 19.7 Å². The molecular weight excluding hydrogens is 316 g/mol. The second-order valence-electron chi connectivity index (χ2n) is 6.26. The molecule has 0 radical (unpaired) electrons. The number of guanidine groups is 1. The maximum Gasteiger partial charge on any atom is 0.243 e. The molecule has 0 aromatic heterocycles. The molecular formula is C19H28N4O2. The summed E-state index contributed by atoms with van der Waals surface area (Å²) in [4.78, 5) is 20.0. The summed E-state index contributed by atoms with van der Waals surface area (Å²) in [6.45, 7) is 8.61. The molecule has 0 saturated carbocycles. The van der Waals surface area contributed by atoms with Crippen LogP contribution in [0.1, 0.15) is 17.2 Å². The van der Waals surface area contributed by atoms with Crippen LogP contribution in [0.5, 0.6) is 0 Å². The number of ether oxygens (including phenoxy) is 1. The number of rotatable bonds is 5. The average Bonchev–Trinajstić information content (AvgIpc) is 2.62. The highest BCUT2D eigenvalue weighted by Crippen LogP contribution is 2.24. The molecule has 136 valence electrons. The van der Waals surface area contributed by atoms with Crippen LogP contribution in [0.15, 0.2) is 41.9 Å². The van der Waals surface area contributed by atoms with Crippen molar-refractivity contribution in [3.63, 3.8) is 0 Å². The maximum atomic E-state index is 11.9. The lowest BCUT2D eigenvalue weighted by molar-refractivity contribution is -0.127. The van der Waals surface area contributed by atoms with Gasteiger partial charge in [0.05, 0.1) is 13.2 Å². The van der Waals surface area contributed by atoms with Crippen LogP contribution in [0.2, 0.25) is 0 Å². The number of nitrogens with zero attached hydrogens (tertiary/aromatic N) is 3. The van der Waals surface area contributed by atoms with Gasteiger partial charge in [0.25, 0.3) is 0 Å². The number of carbonyl (C=O) groups excluding carboxylic acids is 1. The Labute approximate surface area is 150 Å². The summed E-state index contributed by atoms with van der Waals surface area (Å²) in [6.07, 6.45) is 1.78. The van der Waals surface area contributed by atoms with Gasteiger partial charge in [-0.2, -0.15) is 0 Å². The molecule has 1 aromatic rings. The zero-order valence-corrected chi connectivity index (χ0v) is 15.4. The van der Waals surface area contributed by atoms with Gasteiger partial charge >= 0.3 is 0 Å². The van der Waals surface area contributed by atoms with E-state index in [-0.39, 0.29) is 18.6 Å². The monoisotopic (exact) mass is 344 g/mol. The molecule has 1 aliphatic heterocycles. The van der Waals surface area contributed by atoms with Crippen LogP contribution in [0.3, 0.4) is 0 Å². The minimum atomic E-state index is -0.0263. The molecule has 1 saturated heterocycles. The number of aliphatic imine (C=N–C) groups is 1. The minimum Gasteiger partial charge on any atom is -0.370 e. The smallest absolute Gasteiger partial charge is 0.243 e. The van der Waals surface area contributed by atoms with Crippen molar-refractivity contribution in [2.75, 3.05) is 46.9 Å². The number of carbonyl (C=O) groups is 1. The van der Waals surface area contributed by atoms with E-state index in [0.717, 1.165) is 12.5 Å². The van der Waals surface area contributed by atoms with E-state index in [1.165, 1.54) is 11.1 Å². The van der Waals surface area contributed by atoms with E-state index >= 15 is 0 Å². The van der Waals surface area contributed by atoms with Gasteiger partial charge in [-0.1, -0.05) is 30.3 Å². The van der Waals surface area contributed by atoms with Gasteiger partial charge in [-0.25, -0.2) is 4.99 Å². The molecule has 1 fully saturated rings. The van der Waals surface area contributed by atoms with Gasteiger partial charge in [-0.15, -0.1) is 6.58 Å². The molecule has 0 spiro atoms. The zero-order valence-electron chi connectivity index (χ0n) is 15.4. The molecule has 0 bridgehead atoms. The van der Waals surface area contributed by atoms with E-state index in [9.17, 15) is 4.79 Å². The molecule has 1 atom stereocenters. The Bertz CT molecular complexity index is 628. The van der Waals surface area contributed by atoms with Gasteiger partial charge in [0.2, 0.25) is 5.91 Å². The number of nitrogens with one attached hydrogen (secondary N) is 1. The van der Waals surface area contributed by atoms with E-state index in [1.807, 2.05) is 12.1 Å². The van der Waals surface area contributed by atoms with E-state index in [1.54, 1.807) is 25.1 Å². The van der Waals surface area contributed by atoms with Crippen LogP contribution in [-0.4, -0.2) is 68.5 Å². The first kappa shape index (κ1) is 19.0. The highest BCUT2D eigenvalue weighted by molar-refractivity contribution is 5.85. The van der Waals surface area contributed by atoms with Gasteiger partial charge in [0.1, 0.15) is 12.6 Å². The minimum absolute atomic E-state index is 0.00442. The lowest BCUT2D eigenvalue weighted by atomic mass is 10.0. The van der Waals surface area contributed by atoms with Crippen LogP contribution >= 0.6 is 0 Å². The highest BCUT2D eigenvalue weighted by atomic mass is 16.5. The van der Waals surface area contributed by atoms with Gasteiger partial charge in [-0.05, 0) is 18.1 Å². The number of hydrogen-bond donors (Lipinski definition) is 1. The number of hydrogen-bond acceptors (Lipinski definition) is 3. The Balaban J connectivity index is 2.13.